The van der Waals surface area contributed by atoms with E-state index in [9.17, 15) is 8.42 Å². The Morgan fingerprint density at radius 2 is 1.97 bits per heavy atom. The fraction of sp³-hybridized carbons (Fsp3) is 0.458. The standard InChI is InChI=1S/C24H32N4O4S/c1-4-5-13-28-22-11-9-18(33(25,29)30)15-20(22)26-24(28)16-27-12-6-7-21(27)19-10-8-17(31-2)14-23(19)32-3/h8-11,14-15,21H,4-7,12-13,16H2,1-3H3,(H2,25,29,30)/t21-/m0/s1. The smallest absolute Gasteiger partial charge is 0.238 e. The van der Waals surface area contributed by atoms with E-state index in [0.717, 1.165) is 67.2 Å². The van der Waals surface area contributed by atoms with E-state index in [1.165, 1.54) is 0 Å². The van der Waals surface area contributed by atoms with Gasteiger partial charge in [0.2, 0.25) is 10.0 Å². The van der Waals surface area contributed by atoms with Crippen molar-refractivity contribution >= 4 is 21.1 Å². The van der Waals surface area contributed by atoms with Gasteiger partial charge in [-0.15, -0.1) is 0 Å². The number of rotatable bonds is 9. The van der Waals surface area contributed by atoms with Crippen LogP contribution in [0.15, 0.2) is 41.3 Å². The molecule has 178 valence electrons. The Hall–Kier alpha value is -2.62. The Kier molecular flexibility index (Phi) is 6.92. The first-order chi connectivity index (χ1) is 15.9. The summed E-state index contributed by atoms with van der Waals surface area (Å²) in [5.74, 6) is 2.53. The number of unbranched alkanes of at least 4 members (excludes halogenated alkanes) is 1. The number of fused-ring (bicyclic) bond motifs is 1. The average molecular weight is 473 g/mol. The van der Waals surface area contributed by atoms with E-state index >= 15 is 0 Å². The molecule has 1 aromatic heterocycles. The van der Waals surface area contributed by atoms with Crippen molar-refractivity contribution in [2.24, 2.45) is 5.14 Å². The third-order valence-corrected chi connectivity index (χ3v) is 7.28. The number of methoxy groups -OCH3 is 2. The normalized spacial score (nSPS) is 17.0. The molecule has 2 heterocycles. The van der Waals surface area contributed by atoms with Crippen molar-refractivity contribution < 1.29 is 17.9 Å². The molecule has 1 aliphatic rings. The maximum absolute atomic E-state index is 11.8. The second-order valence-electron chi connectivity index (χ2n) is 8.47. The minimum atomic E-state index is -3.78. The van der Waals surface area contributed by atoms with Crippen LogP contribution in [0.5, 0.6) is 11.5 Å². The van der Waals surface area contributed by atoms with E-state index in [4.69, 9.17) is 19.6 Å². The average Bonchev–Trinajstić information content (AvgIpc) is 3.40. The number of sulfonamides is 1. The van der Waals surface area contributed by atoms with Crippen molar-refractivity contribution in [1.82, 2.24) is 14.5 Å². The Labute approximate surface area is 195 Å². The number of primary sulfonamides is 1. The highest BCUT2D eigenvalue weighted by Crippen LogP contribution is 2.39. The first-order valence-electron chi connectivity index (χ1n) is 11.3. The largest absolute Gasteiger partial charge is 0.497 e. The van der Waals surface area contributed by atoms with Crippen LogP contribution in [0.2, 0.25) is 0 Å². The van der Waals surface area contributed by atoms with Crippen LogP contribution >= 0.6 is 0 Å². The molecule has 0 spiro atoms. The summed E-state index contributed by atoms with van der Waals surface area (Å²) in [4.78, 5) is 7.36. The SMILES string of the molecule is CCCCn1c(CN2CCC[C@H]2c2ccc(OC)cc2OC)nc2cc(S(N)(=O)=O)ccc21. The van der Waals surface area contributed by atoms with Crippen LogP contribution in [0, 0.1) is 0 Å². The van der Waals surface area contributed by atoms with Gasteiger partial charge in [-0.1, -0.05) is 19.4 Å². The predicted octanol–water partition coefficient (Wildman–Crippen LogP) is 3.84. The number of nitrogens with two attached hydrogens (primary N) is 1. The van der Waals surface area contributed by atoms with E-state index in [1.807, 2.05) is 18.2 Å². The number of imidazole rings is 1. The van der Waals surface area contributed by atoms with Crippen LogP contribution in [0.1, 0.15) is 50.0 Å². The molecule has 0 aliphatic carbocycles. The first kappa shape index (κ1) is 23.5. The molecule has 3 aromatic rings. The minimum absolute atomic E-state index is 0.0868. The zero-order valence-corrected chi connectivity index (χ0v) is 20.3. The highest BCUT2D eigenvalue weighted by Gasteiger charge is 2.30. The molecule has 8 nitrogen and oxygen atoms in total. The monoisotopic (exact) mass is 472 g/mol. The Bertz CT molecular complexity index is 1240. The fourth-order valence-corrected chi connectivity index (χ4v) is 5.20. The molecule has 4 rings (SSSR count). The van der Waals surface area contributed by atoms with Crippen LogP contribution in [-0.4, -0.2) is 43.6 Å². The summed E-state index contributed by atoms with van der Waals surface area (Å²) in [6.45, 7) is 4.62. The number of aryl methyl sites for hydroxylation is 1. The molecular weight excluding hydrogens is 440 g/mol. The Balaban J connectivity index is 1.69. The van der Waals surface area contributed by atoms with Crippen molar-refractivity contribution in [2.45, 2.75) is 56.6 Å². The fourth-order valence-electron chi connectivity index (χ4n) is 4.67. The summed E-state index contributed by atoms with van der Waals surface area (Å²) in [5, 5.41) is 5.34. The summed E-state index contributed by atoms with van der Waals surface area (Å²) < 4.78 is 36.9. The Morgan fingerprint density at radius 3 is 2.67 bits per heavy atom. The number of benzene rings is 2. The molecule has 1 fully saturated rings. The minimum Gasteiger partial charge on any atom is -0.497 e. The number of nitrogens with zero attached hydrogens (tertiary/aromatic N) is 3. The molecule has 9 heteroatoms. The quantitative estimate of drug-likeness (QED) is 0.508. The molecular formula is C24H32N4O4S. The number of aromatic nitrogens is 2. The van der Waals surface area contributed by atoms with Gasteiger partial charge >= 0.3 is 0 Å². The predicted molar refractivity (Wildman–Crippen MR) is 128 cm³/mol. The summed E-state index contributed by atoms with van der Waals surface area (Å²) >= 11 is 0. The van der Waals surface area contributed by atoms with Crippen molar-refractivity contribution in [1.29, 1.82) is 0 Å². The lowest BCUT2D eigenvalue weighted by Crippen LogP contribution is -2.25. The van der Waals surface area contributed by atoms with Gasteiger partial charge in [-0.2, -0.15) is 0 Å². The van der Waals surface area contributed by atoms with E-state index in [2.05, 4.69) is 22.5 Å². The van der Waals surface area contributed by atoms with Crippen molar-refractivity contribution in [3.8, 4) is 11.5 Å². The second kappa shape index (κ2) is 9.70. The molecule has 0 radical (unpaired) electrons. The third-order valence-electron chi connectivity index (χ3n) is 6.37. The van der Waals surface area contributed by atoms with Gasteiger partial charge in [0.1, 0.15) is 17.3 Å². The van der Waals surface area contributed by atoms with Gasteiger partial charge < -0.3 is 14.0 Å². The van der Waals surface area contributed by atoms with Gasteiger partial charge in [0.05, 0.1) is 36.7 Å². The molecule has 33 heavy (non-hydrogen) atoms. The third kappa shape index (κ3) is 4.85. The van der Waals surface area contributed by atoms with Gasteiger partial charge in [0, 0.05) is 24.2 Å². The first-order valence-corrected chi connectivity index (χ1v) is 12.9. The van der Waals surface area contributed by atoms with E-state index < -0.39 is 10.0 Å². The lowest BCUT2D eigenvalue weighted by Gasteiger charge is -2.26. The summed E-state index contributed by atoms with van der Waals surface area (Å²) in [5.41, 5.74) is 2.73. The van der Waals surface area contributed by atoms with E-state index in [-0.39, 0.29) is 10.9 Å². The molecule has 0 saturated carbocycles. The van der Waals surface area contributed by atoms with Crippen molar-refractivity contribution in [3.05, 3.63) is 47.8 Å². The van der Waals surface area contributed by atoms with Crippen molar-refractivity contribution in [3.63, 3.8) is 0 Å². The lowest BCUT2D eigenvalue weighted by atomic mass is 10.0. The second-order valence-corrected chi connectivity index (χ2v) is 10.0. The highest BCUT2D eigenvalue weighted by molar-refractivity contribution is 7.89. The summed E-state index contributed by atoms with van der Waals surface area (Å²) in [7, 11) is -0.443. The molecule has 0 bridgehead atoms. The zero-order chi connectivity index (χ0) is 23.6. The molecule has 1 atom stereocenters. The van der Waals surface area contributed by atoms with Crippen LogP contribution in [-0.2, 0) is 23.1 Å². The topological polar surface area (TPSA) is 99.7 Å². The van der Waals surface area contributed by atoms with Gasteiger partial charge in [-0.05, 0) is 50.1 Å². The number of hydrogen-bond acceptors (Lipinski definition) is 6. The molecule has 1 saturated heterocycles. The zero-order valence-electron chi connectivity index (χ0n) is 19.5. The van der Waals surface area contributed by atoms with Crippen LogP contribution in [0.25, 0.3) is 11.0 Å². The van der Waals surface area contributed by atoms with Crippen molar-refractivity contribution in [2.75, 3.05) is 20.8 Å². The van der Waals surface area contributed by atoms with Gasteiger partial charge in [-0.3, -0.25) is 4.90 Å². The number of ether oxygens (including phenoxy) is 2. The summed E-state index contributed by atoms with van der Waals surface area (Å²) in [6, 6.07) is 11.1. The molecule has 2 aromatic carbocycles. The molecule has 0 unspecified atom stereocenters. The maximum Gasteiger partial charge on any atom is 0.238 e. The van der Waals surface area contributed by atoms with Gasteiger partial charge in [0.25, 0.3) is 0 Å². The highest BCUT2D eigenvalue weighted by atomic mass is 32.2. The number of likely N-dealkylation sites (tertiary alicyclic amines) is 1. The lowest BCUT2D eigenvalue weighted by molar-refractivity contribution is 0.233. The number of hydrogen-bond donors (Lipinski definition) is 1. The van der Waals surface area contributed by atoms with E-state index in [0.29, 0.717) is 12.1 Å². The van der Waals surface area contributed by atoms with Gasteiger partial charge in [-0.25, -0.2) is 18.5 Å². The molecule has 2 N–H and O–H groups in total. The van der Waals surface area contributed by atoms with Gasteiger partial charge in [0.15, 0.2) is 0 Å². The Morgan fingerprint density at radius 1 is 1.15 bits per heavy atom. The van der Waals surface area contributed by atoms with E-state index in [1.54, 1.807) is 26.4 Å². The molecule has 1 aliphatic heterocycles. The van der Waals surface area contributed by atoms with Crippen LogP contribution < -0.4 is 14.6 Å². The van der Waals surface area contributed by atoms with Crippen LogP contribution in [0.4, 0.5) is 0 Å². The maximum atomic E-state index is 11.8. The van der Waals surface area contributed by atoms with Crippen LogP contribution in [0.3, 0.4) is 0 Å². The summed E-state index contributed by atoms with van der Waals surface area (Å²) in [6.07, 6.45) is 4.20. The molecule has 0 amide bonds.